The number of unbranched alkanes of at least 4 members (excludes halogenated alkanes) is 2. The molecule has 1 aromatic heterocycles. The molecule has 1 aromatic rings. The molecule has 0 spiro atoms. The Kier molecular flexibility index (Phi) is 8.77. The van der Waals surface area contributed by atoms with E-state index >= 15 is 0 Å². The number of aromatic nitrogens is 2. The number of anilines is 1. The fourth-order valence-electron chi connectivity index (χ4n) is 3.38. The first-order chi connectivity index (χ1) is 12.6. The summed E-state index contributed by atoms with van der Waals surface area (Å²) in [6.07, 6.45) is 10.4. The highest BCUT2D eigenvalue weighted by molar-refractivity contribution is 5.92. The Morgan fingerprint density at radius 1 is 1.31 bits per heavy atom. The monoisotopic (exact) mass is 363 g/mol. The number of hydrogen-bond acceptors (Lipinski definition) is 6. The Labute approximate surface area is 156 Å². The van der Waals surface area contributed by atoms with Gasteiger partial charge in [-0.3, -0.25) is 10.0 Å². The average molecular weight is 364 g/mol. The summed E-state index contributed by atoms with van der Waals surface area (Å²) in [5.74, 6) is 1.51. The third kappa shape index (κ3) is 6.53. The summed E-state index contributed by atoms with van der Waals surface area (Å²) in [4.78, 5) is 22.0. The van der Waals surface area contributed by atoms with Crippen LogP contribution in [-0.4, -0.2) is 47.3 Å². The molecular weight excluding hydrogens is 330 g/mol. The van der Waals surface area contributed by atoms with Crippen molar-refractivity contribution in [2.45, 2.75) is 52.4 Å². The van der Waals surface area contributed by atoms with Crippen LogP contribution < -0.4 is 15.7 Å². The van der Waals surface area contributed by atoms with Crippen LogP contribution in [0, 0.1) is 11.8 Å². The lowest BCUT2D eigenvalue weighted by Crippen LogP contribution is -2.38. The van der Waals surface area contributed by atoms with Crippen molar-refractivity contribution >= 4 is 11.9 Å². The van der Waals surface area contributed by atoms with Crippen LogP contribution in [-0.2, 0) is 0 Å². The topological polar surface area (TPSA) is 90.4 Å². The van der Waals surface area contributed by atoms with E-state index in [0.717, 1.165) is 44.9 Å². The van der Waals surface area contributed by atoms with Gasteiger partial charge >= 0.3 is 0 Å². The molecule has 0 aliphatic carbocycles. The standard InChI is InChI=1S/C19H33N5O2/c1-3-4-5-6-15(2)11-20-12-16-7-9-24(10-8-16)19-21-13-17(14-22-19)18(25)23-26/h13-16,20,26H,3-12H2,1-2H3,(H,23,25). The Hall–Kier alpha value is -1.73. The molecule has 0 saturated carbocycles. The SMILES string of the molecule is CCCCCC(C)CNCC1CCN(c2ncc(C(=O)NO)cn2)CC1. The van der Waals surface area contributed by atoms with E-state index in [0.29, 0.717) is 11.9 Å². The van der Waals surface area contributed by atoms with E-state index in [1.54, 1.807) is 5.48 Å². The highest BCUT2D eigenvalue weighted by Crippen LogP contribution is 2.20. The van der Waals surface area contributed by atoms with Crippen LogP contribution in [0.15, 0.2) is 12.4 Å². The summed E-state index contributed by atoms with van der Waals surface area (Å²) in [6.45, 7) is 8.65. The molecule has 7 heteroatoms. The van der Waals surface area contributed by atoms with Crippen molar-refractivity contribution in [2.24, 2.45) is 11.8 Å². The smallest absolute Gasteiger partial charge is 0.277 e. The first-order valence-corrected chi connectivity index (χ1v) is 9.86. The molecule has 0 aromatic carbocycles. The minimum Gasteiger partial charge on any atom is -0.341 e. The summed E-state index contributed by atoms with van der Waals surface area (Å²) < 4.78 is 0. The maximum Gasteiger partial charge on any atom is 0.277 e. The maximum absolute atomic E-state index is 11.3. The molecule has 1 amide bonds. The number of hydroxylamine groups is 1. The van der Waals surface area contributed by atoms with E-state index in [1.165, 1.54) is 38.1 Å². The normalized spacial score (nSPS) is 16.5. The quantitative estimate of drug-likeness (QED) is 0.336. The minimum atomic E-state index is -0.592. The van der Waals surface area contributed by atoms with Gasteiger partial charge in [0.05, 0.1) is 5.56 Å². The predicted molar refractivity (Wildman–Crippen MR) is 102 cm³/mol. The molecule has 7 nitrogen and oxygen atoms in total. The second-order valence-corrected chi connectivity index (χ2v) is 7.40. The van der Waals surface area contributed by atoms with Gasteiger partial charge in [0.1, 0.15) is 0 Å². The summed E-state index contributed by atoms with van der Waals surface area (Å²) >= 11 is 0. The highest BCUT2D eigenvalue weighted by Gasteiger charge is 2.21. The molecular formula is C19H33N5O2. The van der Waals surface area contributed by atoms with Crippen molar-refractivity contribution in [3.05, 3.63) is 18.0 Å². The summed E-state index contributed by atoms with van der Waals surface area (Å²) in [6, 6.07) is 0. The van der Waals surface area contributed by atoms with Crippen molar-refractivity contribution in [1.29, 1.82) is 0 Å². The molecule has 0 radical (unpaired) electrons. The number of amides is 1. The number of hydrogen-bond donors (Lipinski definition) is 3. The van der Waals surface area contributed by atoms with Crippen molar-refractivity contribution in [1.82, 2.24) is 20.8 Å². The minimum absolute atomic E-state index is 0.253. The number of nitrogens with one attached hydrogen (secondary N) is 2. The molecule has 1 aliphatic rings. The molecule has 2 heterocycles. The van der Waals surface area contributed by atoms with Crippen LogP contribution in [0.5, 0.6) is 0 Å². The number of piperidine rings is 1. The second-order valence-electron chi connectivity index (χ2n) is 7.40. The number of carbonyl (C=O) groups excluding carboxylic acids is 1. The zero-order valence-electron chi connectivity index (χ0n) is 16.1. The lowest BCUT2D eigenvalue weighted by atomic mass is 9.96. The average Bonchev–Trinajstić information content (AvgIpc) is 2.68. The van der Waals surface area contributed by atoms with Crippen molar-refractivity contribution < 1.29 is 10.0 Å². The molecule has 146 valence electrons. The van der Waals surface area contributed by atoms with E-state index in [1.807, 2.05) is 0 Å². The maximum atomic E-state index is 11.3. The molecule has 26 heavy (non-hydrogen) atoms. The molecule has 1 fully saturated rings. The van der Waals surface area contributed by atoms with E-state index in [2.05, 4.69) is 34.0 Å². The third-order valence-corrected chi connectivity index (χ3v) is 5.13. The largest absolute Gasteiger partial charge is 0.341 e. The molecule has 3 N–H and O–H groups in total. The van der Waals surface area contributed by atoms with E-state index in [-0.39, 0.29) is 5.56 Å². The summed E-state index contributed by atoms with van der Waals surface area (Å²) in [5.41, 5.74) is 1.84. The van der Waals surface area contributed by atoms with Crippen LogP contribution in [0.4, 0.5) is 5.95 Å². The lowest BCUT2D eigenvalue weighted by molar-refractivity contribution is 0.0705. The number of nitrogens with zero attached hydrogens (tertiary/aromatic N) is 3. The first-order valence-electron chi connectivity index (χ1n) is 9.86. The van der Waals surface area contributed by atoms with E-state index in [9.17, 15) is 4.79 Å². The fourth-order valence-corrected chi connectivity index (χ4v) is 3.38. The highest BCUT2D eigenvalue weighted by atomic mass is 16.5. The molecule has 1 atom stereocenters. The van der Waals surface area contributed by atoms with E-state index in [4.69, 9.17) is 5.21 Å². The Morgan fingerprint density at radius 2 is 2.00 bits per heavy atom. The summed E-state index contributed by atoms with van der Waals surface area (Å²) in [5, 5.41) is 12.3. The Morgan fingerprint density at radius 3 is 2.62 bits per heavy atom. The molecule has 1 aliphatic heterocycles. The van der Waals surface area contributed by atoms with Gasteiger partial charge in [-0.1, -0.05) is 33.1 Å². The van der Waals surface area contributed by atoms with Gasteiger partial charge in [-0.25, -0.2) is 15.4 Å². The van der Waals surface area contributed by atoms with Crippen LogP contribution in [0.2, 0.25) is 0 Å². The van der Waals surface area contributed by atoms with E-state index < -0.39 is 5.91 Å². The van der Waals surface area contributed by atoms with Crippen LogP contribution in [0.3, 0.4) is 0 Å². The van der Waals surface area contributed by atoms with Gasteiger partial charge in [0, 0.05) is 25.5 Å². The van der Waals surface area contributed by atoms with Crippen molar-refractivity contribution in [3.63, 3.8) is 0 Å². The fraction of sp³-hybridized carbons (Fsp3) is 0.737. The van der Waals surface area contributed by atoms with Crippen LogP contribution in [0.25, 0.3) is 0 Å². The number of rotatable bonds is 10. The zero-order valence-corrected chi connectivity index (χ0v) is 16.1. The van der Waals surface area contributed by atoms with Crippen LogP contribution >= 0.6 is 0 Å². The Bertz CT molecular complexity index is 529. The van der Waals surface area contributed by atoms with Gasteiger partial charge in [-0.05, 0) is 44.2 Å². The molecule has 1 unspecified atom stereocenters. The summed E-state index contributed by atoms with van der Waals surface area (Å²) in [7, 11) is 0. The van der Waals surface area contributed by atoms with Crippen molar-refractivity contribution in [3.8, 4) is 0 Å². The van der Waals surface area contributed by atoms with Gasteiger partial charge < -0.3 is 10.2 Å². The predicted octanol–water partition coefficient (Wildman–Crippen LogP) is 2.62. The zero-order chi connectivity index (χ0) is 18.8. The van der Waals surface area contributed by atoms with Gasteiger partial charge in [-0.15, -0.1) is 0 Å². The van der Waals surface area contributed by atoms with Gasteiger partial charge in [0.15, 0.2) is 0 Å². The number of carbonyl (C=O) groups is 1. The van der Waals surface area contributed by atoms with Crippen LogP contribution in [0.1, 0.15) is 62.7 Å². The van der Waals surface area contributed by atoms with Gasteiger partial charge in [-0.2, -0.15) is 0 Å². The molecule has 0 bridgehead atoms. The third-order valence-electron chi connectivity index (χ3n) is 5.13. The molecule has 2 rings (SSSR count). The first kappa shape index (κ1) is 20.6. The van der Waals surface area contributed by atoms with Gasteiger partial charge in [0.25, 0.3) is 5.91 Å². The second kappa shape index (κ2) is 11.1. The Balaban J connectivity index is 1.66. The lowest BCUT2D eigenvalue weighted by Gasteiger charge is -2.32. The molecule has 1 saturated heterocycles. The van der Waals surface area contributed by atoms with Gasteiger partial charge in [0.2, 0.25) is 5.95 Å². The van der Waals surface area contributed by atoms with Crippen molar-refractivity contribution in [2.75, 3.05) is 31.1 Å².